The van der Waals surface area contributed by atoms with E-state index in [1.165, 1.54) is 35.5 Å². The third-order valence-electron chi connectivity index (χ3n) is 3.59. The van der Waals surface area contributed by atoms with Crippen LogP contribution in [0.1, 0.15) is 35.5 Å². The van der Waals surface area contributed by atoms with E-state index in [0.717, 1.165) is 19.4 Å². The lowest BCUT2D eigenvalue weighted by molar-refractivity contribution is 0.522. The highest BCUT2D eigenvalue weighted by atomic mass is 15.1. The first-order valence-electron chi connectivity index (χ1n) is 6.42. The number of imidazole rings is 1. The summed E-state index contributed by atoms with van der Waals surface area (Å²) in [5.41, 5.74) is 3.97. The van der Waals surface area contributed by atoms with Gasteiger partial charge >= 0.3 is 0 Å². The lowest BCUT2D eigenvalue weighted by Gasteiger charge is -2.11. The van der Waals surface area contributed by atoms with Crippen LogP contribution in [0.3, 0.4) is 0 Å². The van der Waals surface area contributed by atoms with Crippen LogP contribution in [0.4, 0.5) is 0 Å². The first kappa shape index (κ1) is 10.6. The molecule has 1 aliphatic heterocycles. The van der Waals surface area contributed by atoms with Crippen molar-refractivity contribution in [3.05, 3.63) is 53.1 Å². The zero-order chi connectivity index (χ0) is 11.7. The molecule has 0 saturated heterocycles. The highest BCUT2D eigenvalue weighted by molar-refractivity contribution is 5.29. The second-order valence-corrected chi connectivity index (χ2v) is 4.90. The molecule has 0 N–H and O–H groups in total. The maximum absolute atomic E-state index is 4.75. The quantitative estimate of drug-likeness (QED) is 0.769. The molecule has 0 atom stereocenters. The van der Waals surface area contributed by atoms with Gasteiger partial charge in [-0.05, 0) is 30.9 Å². The van der Waals surface area contributed by atoms with Gasteiger partial charge in [-0.15, -0.1) is 0 Å². The molecule has 1 aliphatic rings. The number of fused-ring (bicyclic) bond motifs is 1. The van der Waals surface area contributed by atoms with E-state index in [4.69, 9.17) is 4.98 Å². The van der Waals surface area contributed by atoms with Crippen molar-refractivity contribution in [2.24, 2.45) is 0 Å². The normalized spacial score (nSPS) is 14.6. The molecule has 3 rings (SSSR count). The fourth-order valence-corrected chi connectivity index (χ4v) is 2.56. The van der Waals surface area contributed by atoms with Gasteiger partial charge in [0.1, 0.15) is 5.82 Å². The Morgan fingerprint density at radius 3 is 2.94 bits per heavy atom. The van der Waals surface area contributed by atoms with E-state index >= 15 is 0 Å². The van der Waals surface area contributed by atoms with Gasteiger partial charge in [0.2, 0.25) is 0 Å². The third-order valence-corrected chi connectivity index (χ3v) is 3.59. The highest BCUT2D eigenvalue weighted by Crippen LogP contribution is 2.18. The molecule has 0 spiro atoms. The minimum absolute atomic E-state index is 0.965. The summed E-state index contributed by atoms with van der Waals surface area (Å²) in [5.74, 6) is 1.28. The molecule has 0 unspecified atom stereocenters. The van der Waals surface area contributed by atoms with Crippen molar-refractivity contribution in [1.29, 1.82) is 0 Å². The first-order chi connectivity index (χ1) is 8.33. The summed E-state index contributed by atoms with van der Waals surface area (Å²) in [6, 6.07) is 8.58. The first-order valence-corrected chi connectivity index (χ1v) is 6.42. The largest absolute Gasteiger partial charge is 0.335 e. The van der Waals surface area contributed by atoms with Gasteiger partial charge in [0, 0.05) is 25.6 Å². The molecule has 1 aromatic heterocycles. The Morgan fingerprint density at radius 1 is 1.24 bits per heavy atom. The van der Waals surface area contributed by atoms with Crippen LogP contribution in [-0.4, -0.2) is 9.55 Å². The SMILES string of the molecule is Cc1ccccc1Cc1cn2c(n1)CCCC2. The Balaban J connectivity index is 1.86. The standard InChI is InChI=1S/C15H18N2/c1-12-6-2-3-7-13(12)10-14-11-17-9-5-4-8-15(17)16-14/h2-3,6-7,11H,4-5,8-10H2,1H3. The predicted octanol–water partition coefficient (Wildman–Crippen LogP) is 3.12. The Bertz CT molecular complexity index is 502. The number of nitrogens with zero attached hydrogens (tertiary/aromatic N) is 2. The lowest BCUT2D eigenvalue weighted by Crippen LogP contribution is -2.08. The van der Waals surface area contributed by atoms with Gasteiger partial charge in [0.15, 0.2) is 0 Å². The van der Waals surface area contributed by atoms with Gasteiger partial charge in [-0.25, -0.2) is 4.98 Å². The van der Waals surface area contributed by atoms with Crippen LogP contribution in [0.15, 0.2) is 30.5 Å². The second kappa shape index (κ2) is 4.36. The van der Waals surface area contributed by atoms with Crippen LogP contribution in [-0.2, 0) is 19.4 Å². The smallest absolute Gasteiger partial charge is 0.108 e. The van der Waals surface area contributed by atoms with Crippen LogP contribution in [0, 0.1) is 6.92 Å². The fraction of sp³-hybridized carbons (Fsp3) is 0.400. The van der Waals surface area contributed by atoms with Crippen molar-refractivity contribution in [2.45, 2.75) is 39.2 Å². The van der Waals surface area contributed by atoms with E-state index in [2.05, 4.69) is 42.0 Å². The summed E-state index contributed by atoms with van der Waals surface area (Å²) in [5, 5.41) is 0. The van der Waals surface area contributed by atoms with Gasteiger partial charge in [0.25, 0.3) is 0 Å². The zero-order valence-corrected chi connectivity index (χ0v) is 10.3. The van der Waals surface area contributed by atoms with E-state index in [-0.39, 0.29) is 0 Å². The topological polar surface area (TPSA) is 17.8 Å². The van der Waals surface area contributed by atoms with Crippen molar-refractivity contribution in [3.8, 4) is 0 Å². The molecule has 0 bridgehead atoms. The van der Waals surface area contributed by atoms with E-state index < -0.39 is 0 Å². The maximum atomic E-state index is 4.75. The summed E-state index contributed by atoms with van der Waals surface area (Å²) in [6.07, 6.45) is 6.94. The predicted molar refractivity (Wildman–Crippen MR) is 69.2 cm³/mol. The number of rotatable bonds is 2. The monoisotopic (exact) mass is 226 g/mol. The number of aromatic nitrogens is 2. The van der Waals surface area contributed by atoms with Crippen molar-refractivity contribution < 1.29 is 0 Å². The molecule has 2 nitrogen and oxygen atoms in total. The lowest BCUT2D eigenvalue weighted by atomic mass is 10.0. The van der Waals surface area contributed by atoms with Crippen LogP contribution >= 0.6 is 0 Å². The molecule has 88 valence electrons. The van der Waals surface area contributed by atoms with Gasteiger partial charge in [-0.2, -0.15) is 0 Å². The summed E-state index contributed by atoms with van der Waals surface area (Å²) < 4.78 is 2.33. The average Bonchev–Trinajstić information content (AvgIpc) is 2.74. The van der Waals surface area contributed by atoms with Crippen LogP contribution in [0.2, 0.25) is 0 Å². The number of benzene rings is 1. The summed E-state index contributed by atoms with van der Waals surface area (Å²) in [7, 11) is 0. The summed E-state index contributed by atoms with van der Waals surface area (Å²) >= 11 is 0. The molecule has 0 radical (unpaired) electrons. The summed E-state index contributed by atoms with van der Waals surface area (Å²) in [4.78, 5) is 4.75. The van der Waals surface area contributed by atoms with Gasteiger partial charge in [-0.1, -0.05) is 24.3 Å². The molecular formula is C15H18N2. The molecular weight excluding hydrogens is 208 g/mol. The third kappa shape index (κ3) is 2.12. The van der Waals surface area contributed by atoms with Gasteiger partial charge in [-0.3, -0.25) is 0 Å². The fourth-order valence-electron chi connectivity index (χ4n) is 2.56. The van der Waals surface area contributed by atoms with Gasteiger partial charge in [0.05, 0.1) is 5.69 Å². The molecule has 0 fully saturated rings. The highest BCUT2D eigenvalue weighted by Gasteiger charge is 2.12. The van der Waals surface area contributed by atoms with Gasteiger partial charge < -0.3 is 4.57 Å². The molecule has 2 heteroatoms. The molecule has 0 aliphatic carbocycles. The molecule has 0 amide bonds. The van der Waals surface area contributed by atoms with E-state index in [1.54, 1.807) is 0 Å². The number of hydrogen-bond acceptors (Lipinski definition) is 1. The Morgan fingerprint density at radius 2 is 2.12 bits per heavy atom. The Labute approximate surface area is 102 Å². The molecule has 2 heterocycles. The van der Waals surface area contributed by atoms with Crippen molar-refractivity contribution >= 4 is 0 Å². The average molecular weight is 226 g/mol. The van der Waals surface area contributed by atoms with Crippen LogP contribution in [0.5, 0.6) is 0 Å². The molecule has 17 heavy (non-hydrogen) atoms. The minimum Gasteiger partial charge on any atom is -0.335 e. The van der Waals surface area contributed by atoms with E-state index in [1.807, 2.05) is 0 Å². The van der Waals surface area contributed by atoms with Crippen LogP contribution in [0.25, 0.3) is 0 Å². The number of aryl methyl sites for hydroxylation is 3. The van der Waals surface area contributed by atoms with Crippen molar-refractivity contribution in [3.63, 3.8) is 0 Å². The van der Waals surface area contributed by atoms with E-state index in [0.29, 0.717) is 0 Å². The Kier molecular flexibility index (Phi) is 2.71. The Hall–Kier alpha value is -1.57. The van der Waals surface area contributed by atoms with E-state index in [9.17, 15) is 0 Å². The minimum atomic E-state index is 0.965. The van der Waals surface area contributed by atoms with Crippen molar-refractivity contribution in [2.75, 3.05) is 0 Å². The molecule has 1 aromatic carbocycles. The maximum Gasteiger partial charge on any atom is 0.108 e. The summed E-state index contributed by atoms with van der Waals surface area (Å²) in [6.45, 7) is 3.32. The van der Waals surface area contributed by atoms with Crippen molar-refractivity contribution in [1.82, 2.24) is 9.55 Å². The van der Waals surface area contributed by atoms with Crippen LogP contribution < -0.4 is 0 Å². The molecule has 2 aromatic rings. The second-order valence-electron chi connectivity index (χ2n) is 4.90. The molecule has 0 saturated carbocycles. The number of hydrogen-bond donors (Lipinski definition) is 0. The zero-order valence-electron chi connectivity index (χ0n) is 10.3.